The molecule has 0 spiro atoms. The molecule has 0 aliphatic carbocycles. The molecule has 0 N–H and O–H groups in total. The number of Topliss-reactive ketones (excluding diaryl/α,β-unsaturated/α-hetero) is 1. The molecule has 0 atom stereocenters. The molecule has 1 aliphatic heterocycles. The maximum absolute atomic E-state index is 12.5. The molecule has 1 aromatic heterocycles. The van der Waals surface area contributed by atoms with Crippen molar-refractivity contribution in [3.63, 3.8) is 0 Å². The molecule has 0 radical (unpaired) electrons. The number of aromatic nitrogens is 1. The van der Waals surface area contributed by atoms with Crippen molar-refractivity contribution >= 4 is 27.2 Å². The van der Waals surface area contributed by atoms with Crippen molar-refractivity contribution in [1.29, 1.82) is 0 Å². The van der Waals surface area contributed by atoms with Gasteiger partial charge in [0.15, 0.2) is 9.84 Å². The molecule has 1 fully saturated rings. The van der Waals surface area contributed by atoms with E-state index in [-0.39, 0.29) is 23.8 Å². The van der Waals surface area contributed by atoms with Crippen LogP contribution in [0.15, 0.2) is 28.7 Å². The highest BCUT2D eigenvalue weighted by molar-refractivity contribution is 7.91. The molecule has 9 heteroatoms. The number of benzene rings is 1. The lowest BCUT2D eigenvalue weighted by Crippen LogP contribution is -2.37. The van der Waals surface area contributed by atoms with Crippen LogP contribution in [0.25, 0.3) is 11.5 Å². The zero-order valence-electron chi connectivity index (χ0n) is 16.4. The van der Waals surface area contributed by atoms with Crippen LogP contribution in [0.4, 0.5) is 0 Å². The number of aryl methyl sites for hydroxylation is 1. The zero-order chi connectivity index (χ0) is 20.9. The predicted octanol–water partition coefficient (Wildman–Crippen LogP) is 2.90. The van der Waals surface area contributed by atoms with E-state index >= 15 is 0 Å². The Morgan fingerprint density at radius 2 is 1.97 bits per heavy atom. The molecule has 158 valence electrons. The number of halogens is 1. The second-order valence-electron chi connectivity index (χ2n) is 7.13. The first-order chi connectivity index (χ1) is 13.8. The molecule has 1 aromatic carbocycles. The molecule has 29 heavy (non-hydrogen) atoms. The molecular weight excluding hydrogens is 416 g/mol. The average molecular weight is 441 g/mol. The number of ether oxygens (including phenoxy) is 1. The minimum atomic E-state index is -3.63. The highest BCUT2D eigenvalue weighted by Crippen LogP contribution is 2.29. The highest BCUT2D eigenvalue weighted by atomic mass is 35.5. The number of morpholine rings is 1. The van der Waals surface area contributed by atoms with Crippen molar-refractivity contribution in [2.45, 2.75) is 25.5 Å². The summed E-state index contributed by atoms with van der Waals surface area (Å²) < 4.78 is 35.9. The Morgan fingerprint density at radius 3 is 2.69 bits per heavy atom. The molecule has 7 nitrogen and oxygen atoms in total. The maximum Gasteiger partial charge on any atom is 0.228 e. The van der Waals surface area contributed by atoms with Crippen LogP contribution in [0, 0.1) is 6.92 Å². The molecule has 1 aliphatic rings. The van der Waals surface area contributed by atoms with Gasteiger partial charge in [0.25, 0.3) is 0 Å². The third-order valence-electron chi connectivity index (χ3n) is 4.77. The van der Waals surface area contributed by atoms with E-state index in [0.717, 1.165) is 19.6 Å². The second-order valence-corrected chi connectivity index (χ2v) is 9.60. The zero-order valence-corrected chi connectivity index (χ0v) is 18.0. The number of rotatable bonds is 9. The van der Waals surface area contributed by atoms with Crippen LogP contribution < -0.4 is 0 Å². The third kappa shape index (κ3) is 6.37. The van der Waals surface area contributed by atoms with Gasteiger partial charge in [-0.15, -0.1) is 0 Å². The Kier molecular flexibility index (Phi) is 7.45. The van der Waals surface area contributed by atoms with Crippen molar-refractivity contribution in [1.82, 2.24) is 9.88 Å². The van der Waals surface area contributed by atoms with E-state index in [1.54, 1.807) is 31.2 Å². The Labute approximate surface area is 175 Å². The summed E-state index contributed by atoms with van der Waals surface area (Å²) in [7, 11) is -3.63. The summed E-state index contributed by atoms with van der Waals surface area (Å²) in [5.74, 6) is -0.407. The number of sulfone groups is 1. The fourth-order valence-corrected chi connectivity index (χ4v) is 4.85. The maximum atomic E-state index is 12.5. The van der Waals surface area contributed by atoms with E-state index in [1.807, 2.05) is 0 Å². The van der Waals surface area contributed by atoms with Crippen LogP contribution in [0.2, 0.25) is 5.02 Å². The van der Waals surface area contributed by atoms with Crippen molar-refractivity contribution in [3.05, 3.63) is 40.7 Å². The quantitative estimate of drug-likeness (QED) is 0.592. The third-order valence-corrected chi connectivity index (χ3v) is 6.57. The number of ketones is 1. The number of hydrogen-bond donors (Lipinski definition) is 0. The summed E-state index contributed by atoms with van der Waals surface area (Å²) in [6.07, 6.45) is 0.896. The Morgan fingerprint density at radius 1 is 1.24 bits per heavy atom. The number of nitrogens with zero attached hydrogens (tertiary/aromatic N) is 2. The molecule has 0 unspecified atom stereocenters. The second kappa shape index (κ2) is 9.84. The molecule has 2 heterocycles. The van der Waals surface area contributed by atoms with Crippen LogP contribution in [0.5, 0.6) is 0 Å². The van der Waals surface area contributed by atoms with E-state index < -0.39 is 15.6 Å². The summed E-state index contributed by atoms with van der Waals surface area (Å²) in [6.45, 7) is 5.55. The van der Waals surface area contributed by atoms with Gasteiger partial charge in [-0.1, -0.05) is 23.7 Å². The van der Waals surface area contributed by atoms with Gasteiger partial charge in [0, 0.05) is 19.5 Å². The van der Waals surface area contributed by atoms with E-state index in [0.29, 0.717) is 41.7 Å². The van der Waals surface area contributed by atoms with Crippen LogP contribution in [-0.4, -0.2) is 62.7 Å². The summed E-state index contributed by atoms with van der Waals surface area (Å²) in [6, 6.07) is 7.05. The monoisotopic (exact) mass is 440 g/mol. The SMILES string of the molecule is Cc1oc(-c2ccccc2Cl)nc1CS(=O)(=O)CC(=O)CCCN1CCOCC1. The van der Waals surface area contributed by atoms with Gasteiger partial charge >= 0.3 is 0 Å². The Balaban J connectivity index is 1.55. The lowest BCUT2D eigenvalue weighted by Gasteiger charge is -2.26. The van der Waals surface area contributed by atoms with E-state index in [9.17, 15) is 13.2 Å². The first-order valence-electron chi connectivity index (χ1n) is 9.57. The lowest BCUT2D eigenvalue weighted by molar-refractivity contribution is -0.116. The van der Waals surface area contributed by atoms with E-state index in [2.05, 4.69) is 9.88 Å². The normalized spacial score (nSPS) is 15.5. The lowest BCUT2D eigenvalue weighted by atomic mass is 10.2. The molecule has 3 rings (SSSR count). The van der Waals surface area contributed by atoms with Gasteiger partial charge in [-0.2, -0.15) is 0 Å². The molecule has 0 saturated carbocycles. The van der Waals surface area contributed by atoms with E-state index in [1.165, 1.54) is 0 Å². The van der Waals surface area contributed by atoms with Crippen LogP contribution in [0.1, 0.15) is 24.3 Å². The minimum Gasteiger partial charge on any atom is -0.441 e. The average Bonchev–Trinajstić information content (AvgIpc) is 3.02. The van der Waals surface area contributed by atoms with Crippen molar-refractivity contribution in [3.8, 4) is 11.5 Å². The van der Waals surface area contributed by atoms with Gasteiger partial charge in [-0.05, 0) is 32.0 Å². The minimum absolute atomic E-state index is 0.249. The van der Waals surface area contributed by atoms with Crippen LogP contribution in [0.3, 0.4) is 0 Å². The summed E-state index contributed by atoms with van der Waals surface area (Å²) in [5, 5.41) is 0.471. The fraction of sp³-hybridized carbons (Fsp3) is 0.500. The Bertz CT molecular complexity index is 952. The van der Waals surface area contributed by atoms with Gasteiger partial charge in [0.05, 0.1) is 35.2 Å². The topological polar surface area (TPSA) is 89.7 Å². The summed E-state index contributed by atoms with van der Waals surface area (Å²) in [5.41, 5.74) is 0.904. The Hall–Kier alpha value is -1.74. The molecule has 0 bridgehead atoms. The number of hydrogen-bond acceptors (Lipinski definition) is 7. The first-order valence-corrected chi connectivity index (χ1v) is 11.8. The van der Waals surface area contributed by atoms with Gasteiger partial charge in [0.1, 0.15) is 17.3 Å². The standard InChI is InChI=1S/C20H25ClN2O5S/c1-15-19(22-20(28-15)17-6-2-3-7-18(17)21)14-29(25,26)13-16(24)5-4-8-23-9-11-27-12-10-23/h2-3,6-7H,4-5,8-14H2,1H3. The first kappa shape index (κ1) is 22.0. The summed E-state index contributed by atoms with van der Waals surface area (Å²) >= 11 is 6.15. The summed E-state index contributed by atoms with van der Waals surface area (Å²) in [4.78, 5) is 18.7. The van der Waals surface area contributed by atoms with Crippen molar-refractivity contribution < 1.29 is 22.4 Å². The molecule has 2 aromatic rings. The molecular formula is C20H25ClN2O5S. The van der Waals surface area contributed by atoms with Gasteiger partial charge in [-0.3, -0.25) is 9.69 Å². The molecule has 0 amide bonds. The van der Waals surface area contributed by atoms with Gasteiger partial charge < -0.3 is 9.15 Å². The number of oxazole rings is 1. The van der Waals surface area contributed by atoms with Gasteiger partial charge in [0.2, 0.25) is 5.89 Å². The number of carbonyl (C=O) groups is 1. The predicted molar refractivity (Wildman–Crippen MR) is 111 cm³/mol. The number of carbonyl (C=O) groups excluding carboxylic acids is 1. The smallest absolute Gasteiger partial charge is 0.228 e. The highest BCUT2D eigenvalue weighted by Gasteiger charge is 2.22. The molecule has 1 saturated heterocycles. The largest absolute Gasteiger partial charge is 0.441 e. The van der Waals surface area contributed by atoms with Crippen LogP contribution in [-0.2, 0) is 25.1 Å². The van der Waals surface area contributed by atoms with Crippen molar-refractivity contribution in [2.75, 3.05) is 38.6 Å². The van der Waals surface area contributed by atoms with Crippen LogP contribution >= 0.6 is 11.6 Å². The van der Waals surface area contributed by atoms with E-state index in [4.69, 9.17) is 20.8 Å². The van der Waals surface area contributed by atoms with Crippen molar-refractivity contribution in [2.24, 2.45) is 0 Å². The van der Waals surface area contributed by atoms with Gasteiger partial charge in [-0.25, -0.2) is 13.4 Å². The fourth-order valence-electron chi connectivity index (χ4n) is 3.21.